The lowest BCUT2D eigenvalue weighted by Crippen LogP contribution is -2.52. The third-order valence-electron chi connectivity index (χ3n) is 8.72. The van der Waals surface area contributed by atoms with Gasteiger partial charge in [0.25, 0.3) is 0 Å². The zero-order valence-corrected chi connectivity index (χ0v) is 23.6. The number of aryl methyl sites for hydroxylation is 2. The zero-order chi connectivity index (χ0) is 27.8. The number of nitrogens with one attached hydrogen (secondary N) is 1. The van der Waals surface area contributed by atoms with Gasteiger partial charge in [0.15, 0.2) is 5.82 Å². The van der Waals surface area contributed by atoms with Gasteiger partial charge in [-0.25, -0.2) is 4.98 Å². The number of nitrogens with zero attached hydrogens (tertiary/aromatic N) is 9. The van der Waals surface area contributed by atoms with Gasteiger partial charge in [-0.1, -0.05) is 24.3 Å². The number of rotatable bonds is 5. The van der Waals surface area contributed by atoms with Crippen LogP contribution in [-0.4, -0.2) is 92.1 Å². The Labute approximate surface area is 240 Å². The molecular formula is C30H37N11. The predicted molar refractivity (Wildman–Crippen MR) is 161 cm³/mol. The molecule has 0 unspecified atom stereocenters. The van der Waals surface area contributed by atoms with E-state index in [-0.39, 0.29) is 5.95 Å². The van der Waals surface area contributed by atoms with Crippen molar-refractivity contribution in [3.63, 3.8) is 0 Å². The van der Waals surface area contributed by atoms with Gasteiger partial charge in [-0.2, -0.15) is 9.67 Å². The first-order valence-corrected chi connectivity index (χ1v) is 14.7. The monoisotopic (exact) mass is 551 g/mol. The quantitative estimate of drug-likeness (QED) is 0.383. The van der Waals surface area contributed by atoms with Gasteiger partial charge < -0.3 is 20.9 Å². The average molecular weight is 552 g/mol. The van der Waals surface area contributed by atoms with Crippen molar-refractivity contribution in [2.45, 2.75) is 38.1 Å². The number of piperidine rings is 1. The van der Waals surface area contributed by atoms with Crippen LogP contribution in [0.3, 0.4) is 0 Å². The lowest BCUT2D eigenvalue weighted by Gasteiger charge is -2.42. The van der Waals surface area contributed by atoms with Crippen LogP contribution in [0.15, 0.2) is 48.7 Å². The maximum atomic E-state index is 6.26. The summed E-state index contributed by atoms with van der Waals surface area (Å²) in [5, 5.41) is 16.9. The Morgan fingerprint density at radius 1 is 0.878 bits per heavy atom. The molecule has 0 spiro atoms. The molecule has 0 bridgehead atoms. The van der Waals surface area contributed by atoms with Crippen LogP contribution in [-0.2, 0) is 12.8 Å². The molecule has 0 atom stereocenters. The fourth-order valence-corrected chi connectivity index (χ4v) is 6.35. The summed E-state index contributed by atoms with van der Waals surface area (Å²) in [4.78, 5) is 16.6. The molecule has 41 heavy (non-hydrogen) atoms. The van der Waals surface area contributed by atoms with Crippen molar-refractivity contribution in [3.05, 3.63) is 59.8 Å². The molecule has 0 saturated carbocycles. The average Bonchev–Trinajstić information content (AvgIpc) is 3.27. The molecule has 3 N–H and O–H groups in total. The van der Waals surface area contributed by atoms with Crippen LogP contribution in [0.2, 0.25) is 0 Å². The van der Waals surface area contributed by atoms with Crippen molar-refractivity contribution < 1.29 is 0 Å². The van der Waals surface area contributed by atoms with Crippen LogP contribution < -0.4 is 16.0 Å². The highest BCUT2D eigenvalue weighted by Gasteiger charge is 2.27. The van der Waals surface area contributed by atoms with Gasteiger partial charge in [-0.3, -0.25) is 4.90 Å². The summed E-state index contributed by atoms with van der Waals surface area (Å²) in [7, 11) is 2.21. The predicted octanol–water partition coefficient (Wildman–Crippen LogP) is 3.15. The molecule has 212 valence electrons. The number of fused-ring (bicyclic) bond motifs is 3. The van der Waals surface area contributed by atoms with Crippen LogP contribution in [0.5, 0.6) is 0 Å². The van der Waals surface area contributed by atoms with Crippen molar-refractivity contribution >= 4 is 23.4 Å². The van der Waals surface area contributed by atoms with Crippen molar-refractivity contribution in [1.29, 1.82) is 0 Å². The lowest BCUT2D eigenvalue weighted by atomic mass is 10.0. The van der Waals surface area contributed by atoms with Crippen LogP contribution in [0.1, 0.15) is 30.4 Å². The van der Waals surface area contributed by atoms with E-state index < -0.39 is 0 Å². The molecule has 2 aliphatic heterocycles. The zero-order valence-electron chi connectivity index (χ0n) is 23.6. The minimum atomic E-state index is 0.253. The number of nitrogens with two attached hydrogens (primary N) is 1. The van der Waals surface area contributed by atoms with E-state index in [1.165, 1.54) is 44.6 Å². The summed E-state index contributed by atoms with van der Waals surface area (Å²) in [5.41, 5.74) is 11.6. The SMILES string of the molecule is CN1CCN(C2CCN(c3ccc(Nc4nc(N)n(-c5cc6c(nn5)-c5ccccc5CCC6)n4)cn3)CC2)CC1. The van der Waals surface area contributed by atoms with Gasteiger partial charge in [0.05, 0.1) is 17.6 Å². The Morgan fingerprint density at radius 3 is 2.49 bits per heavy atom. The van der Waals surface area contributed by atoms with Crippen LogP contribution >= 0.6 is 0 Å². The number of benzene rings is 1. The third kappa shape index (κ3) is 5.34. The molecular weight excluding hydrogens is 514 g/mol. The Hall–Kier alpha value is -4.09. The minimum absolute atomic E-state index is 0.253. The second kappa shape index (κ2) is 11.1. The molecule has 2 saturated heterocycles. The Kier molecular flexibility index (Phi) is 6.97. The first-order chi connectivity index (χ1) is 20.1. The summed E-state index contributed by atoms with van der Waals surface area (Å²) < 4.78 is 1.54. The van der Waals surface area contributed by atoms with E-state index in [2.05, 4.69) is 77.7 Å². The minimum Gasteiger partial charge on any atom is -0.368 e. The summed E-state index contributed by atoms with van der Waals surface area (Å²) in [6.45, 7) is 6.78. The first-order valence-electron chi connectivity index (χ1n) is 14.7. The lowest BCUT2D eigenvalue weighted by molar-refractivity contribution is 0.0981. The first kappa shape index (κ1) is 25.8. The topological polar surface area (TPSA) is 117 Å². The van der Waals surface area contributed by atoms with Gasteiger partial charge in [0.1, 0.15) is 5.82 Å². The third-order valence-corrected chi connectivity index (χ3v) is 8.72. The molecule has 2 fully saturated rings. The number of pyridine rings is 1. The maximum absolute atomic E-state index is 6.26. The van der Waals surface area contributed by atoms with E-state index in [1.54, 1.807) is 4.68 Å². The number of likely N-dealkylation sites (N-methyl/N-ethyl adjacent to an activating group) is 1. The standard InChI is InChI=1S/C30H37N11/c1-38-15-17-39(18-16-38)24-11-13-40(14-12-24)26-10-9-23(20-32-26)33-30-34-29(31)41(37-30)27-19-22-7-4-6-21-5-2-3-8-25(21)28(22)36-35-27/h2-3,5,8-10,19-20,24H,4,6-7,11-18H2,1H3,(H3,31,33,34,37). The van der Waals surface area contributed by atoms with E-state index in [4.69, 9.17) is 10.7 Å². The van der Waals surface area contributed by atoms with Crippen molar-refractivity contribution in [2.24, 2.45) is 0 Å². The normalized spacial score (nSPS) is 18.5. The molecule has 3 aliphatic rings. The Bertz CT molecular complexity index is 1500. The second-order valence-electron chi connectivity index (χ2n) is 11.4. The van der Waals surface area contributed by atoms with E-state index in [1.807, 2.05) is 18.3 Å². The fraction of sp³-hybridized carbons (Fsp3) is 0.433. The van der Waals surface area contributed by atoms with E-state index >= 15 is 0 Å². The number of nitrogen functional groups attached to an aromatic ring is 1. The number of aromatic nitrogens is 6. The van der Waals surface area contributed by atoms with Crippen LogP contribution in [0, 0.1) is 0 Å². The van der Waals surface area contributed by atoms with Gasteiger partial charge in [0, 0.05) is 50.9 Å². The second-order valence-corrected chi connectivity index (χ2v) is 11.4. The van der Waals surface area contributed by atoms with E-state index in [0.29, 0.717) is 17.8 Å². The van der Waals surface area contributed by atoms with Gasteiger partial charge in [-0.15, -0.1) is 15.3 Å². The molecule has 3 aromatic heterocycles. The molecule has 5 heterocycles. The van der Waals surface area contributed by atoms with Gasteiger partial charge in [0.2, 0.25) is 11.9 Å². The van der Waals surface area contributed by atoms with Crippen molar-refractivity contribution in [3.8, 4) is 17.1 Å². The molecule has 11 heteroatoms. The number of piperazine rings is 1. The summed E-state index contributed by atoms with van der Waals surface area (Å²) in [5.74, 6) is 2.22. The summed E-state index contributed by atoms with van der Waals surface area (Å²) in [6, 6.07) is 15.2. The van der Waals surface area contributed by atoms with E-state index in [0.717, 1.165) is 60.7 Å². The Morgan fingerprint density at radius 2 is 1.68 bits per heavy atom. The Balaban J connectivity index is 1.01. The van der Waals surface area contributed by atoms with Crippen LogP contribution in [0.4, 0.5) is 23.4 Å². The molecule has 0 radical (unpaired) electrons. The number of hydrogen-bond donors (Lipinski definition) is 2. The number of hydrogen-bond acceptors (Lipinski definition) is 10. The summed E-state index contributed by atoms with van der Waals surface area (Å²) >= 11 is 0. The smallest absolute Gasteiger partial charge is 0.248 e. The van der Waals surface area contributed by atoms with Crippen molar-refractivity contribution in [1.82, 2.24) is 39.7 Å². The molecule has 1 aliphatic carbocycles. The van der Waals surface area contributed by atoms with Crippen LogP contribution in [0.25, 0.3) is 17.1 Å². The molecule has 4 aromatic rings. The summed E-state index contributed by atoms with van der Waals surface area (Å²) in [6.07, 6.45) is 7.22. The van der Waals surface area contributed by atoms with E-state index in [9.17, 15) is 0 Å². The molecule has 7 rings (SSSR count). The highest BCUT2D eigenvalue weighted by atomic mass is 15.4. The number of anilines is 4. The van der Waals surface area contributed by atoms with Crippen molar-refractivity contribution in [2.75, 3.05) is 62.3 Å². The molecule has 11 nitrogen and oxygen atoms in total. The molecule has 1 aromatic carbocycles. The highest BCUT2D eigenvalue weighted by molar-refractivity contribution is 5.68. The maximum Gasteiger partial charge on any atom is 0.248 e. The largest absolute Gasteiger partial charge is 0.368 e. The fourth-order valence-electron chi connectivity index (χ4n) is 6.35. The van der Waals surface area contributed by atoms with Gasteiger partial charge in [-0.05, 0) is 68.5 Å². The highest BCUT2D eigenvalue weighted by Crippen LogP contribution is 2.31. The molecule has 0 amide bonds. The van der Waals surface area contributed by atoms with Gasteiger partial charge >= 0.3 is 0 Å².